The van der Waals surface area contributed by atoms with Gasteiger partial charge in [0.25, 0.3) is 0 Å². The van der Waals surface area contributed by atoms with Crippen LogP contribution in [0.5, 0.6) is 5.75 Å². The maximum atomic E-state index is 11.5. The van der Waals surface area contributed by atoms with Gasteiger partial charge in [-0.3, -0.25) is 4.79 Å². The zero-order chi connectivity index (χ0) is 14.1. The molecule has 1 atom stereocenters. The molecule has 0 heterocycles. The first-order valence-electron chi connectivity index (χ1n) is 6.73. The van der Waals surface area contributed by atoms with E-state index in [4.69, 9.17) is 9.84 Å². The van der Waals surface area contributed by atoms with Gasteiger partial charge in [0.15, 0.2) is 0 Å². The highest BCUT2D eigenvalue weighted by Gasteiger charge is 2.03. The van der Waals surface area contributed by atoms with Gasteiger partial charge in [0.2, 0.25) is 5.91 Å². The number of hydrogen-bond acceptors (Lipinski definition) is 3. The van der Waals surface area contributed by atoms with Crippen LogP contribution in [-0.4, -0.2) is 30.3 Å². The number of amides is 1. The van der Waals surface area contributed by atoms with Crippen LogP contribution in [0.15, 0.2) is 24.3 Å². The lowest BCUT2D eigenvalue weighted by molar-refractivity contribution is -0.121. The van der Waals surface area contributed by atoms with Crippen LogP contribution >= 0.6 is 0 Å². The van der Waals surface area contributed by atoms with Crippen molar-refractivity contribution in [2.24, 2.45) is 0 Å². The molecule has 1 aromatic carbocycles. The molecule has 0 saturated heterocycles. The van der Waals surface area contributed by atoms with Crippen LogP contribution in [0, 0.1) is 6.92 Å². The number of nitrogens with one attached hydrogen (secondary N) is 1. The van der Waals surface area contributed by atoms with Gasteiger partial charge in [-0.15, -0.1) is 0 Å². The molecular formula is C15H23NO3. The lowest BCUT2D eigenvalue weighted by Gasteiger charge is -2.09. The van der Waals surface area contributed by atoms with Gasteiger partial charge in [-0.1, -0.05) is 18.2 Å². The molecule has 0 aliphatic rings. The molecule has 0 bridgehead atoms. The molecule has 1 aromatic rings. The van der Waals surface area contributed by atoms with Crippen LogP contribution in [0.25, 0.3) is 0 Å². The monoisotopic (exact) mass is 265 g/mol. The molecule has 4 nitrogen and oxygen atoms in total. The van der Waals surface area contributed by atoms with E-state index in [1.165, 1.54) is 0 Å². The minimum atomic E-state index is -0.304. The molecule has 106 valence electrons. The Labute approximate surface area is 114 Å². The van der Waals surface area contributed by atoms with E-state index in [2.05, 4.69) is 5.32 Å². The normalized spacial score (nSPS) is 11.9. The molecule has 0 radical (unpaired) electrons. The van der Waals surface area contributed by atoms with Crippen LogP contribution in [0.1, 0.15) is 31.7 Å². The summed E-state index contributed by atoms with van der Waals surface area (Å²) in [4.78, 5) is 11.5. The number of benzene rings is 1. The molecule has 1 unspecified atom stereocenters. The summed E-state index contributed by atoms with van der Waals surface area (Å²) in [7, 11) is 0. The first-order chi connectivity index (χ1) is 9.09. The Morgan fingerprint density at radius 3 is 2.84 bits per heavy atom. The molecular weight excluding hydrogens is 242 g/mol. The van der Waals surface area contributed by atoms with Gasteiger partial charge in [-0.2, -0.15) is 0 Å². The predicted octanol–water partition coefficient (Wildman–Crippen LogP) is 2.04. The Bertz CT molecular complexity index is 391. The Kier molecular flexibility index (Phi) is 6.97. The third-order valence-electron chi connectivity index (χ3n) is 2.80. The number of carbonyl (C=O) groups is 1. The zero-order valence-corrected chi connectivity index (χ0v) is 11.7. The van der Waals surface area contributed by atoms with Crippen LogP contribution in [-0.2, 0) is 4.79 Å². The predicted molar refractivity (Wildman–Crippen MR) is 75.2 cm³/mol. The molecule has 0 aromatic heterocycles. The summed E-state index contributed by atoms with van der Waals surface area (Å²) < 4.78 is 5.55. The number of hydrogen-bond donors (Lipinski definition) is 2. The van der Waals surface area contributed by atoms with Crippen molar-refractivity contribution in [1.82, 2.24) is 5.32 Å². The summed E-state index contributed by atoms with van der Waals surface area (Å²) in [6.07, 6.45) is 1.55. The highest BCUT2D eigenvalue weighted by Crippen LogP contribution is 2.15. The van der Waals surface area contributed by atoms with Gasteiger partial charge in [0.05, 0.1) is 19.1 Å². The van der Waals surface area contributed by atoms with Gasteiger partial charge in [-0.05, 0) is 38.3 Å². The topological polar surface area (TPSA) is 58.6 Å². The quantitative estimate of drug-likeness (QED) is 0.707. The third-order valence-corrected chi connectivity index (χ3v) is 2.80. The Hall–Kier alpha value is -1.55. The average Bonchev–Trinajstić information content (AvgIpc) is 2.37. The number of aliphatic hydroxyl groups is 1. The summed E-state index contributed by atoms with van der Waals surface area (Å²) in [5.74, 6) is 0.809. The first-order valence-corrected chi connectivity index (χ1v) is 6.73. The van der Waals surface area contributed by atoms with Crippen molar-refractivity contribution in [3.05, 3.63) is 29.8 Å². The van der Waals surface area contributed by atoms with Crippen molar-refractivity contribution in [3.8, 4) is 5.75 Å². The maximum Gasteiger partial charge on any atom is 0.223 e. The zero-order valence-electron chi connectivity index (χ0n) is 11.7. The van der Waals surface area contributed by atoms with E-state index in [0.717, 1.165) is 17.7 Å². The largest absolute Gasteiger partial charge is 0.493 e. The van der Waals surface area contributed by atoms with E-state index in [-0.39, 0.29) is 12.0 Å². The van der Waals surface area contributed by atoms with E-state index < -0.39 is 0 Å². The molecule has 19 heavy (non-hydrogen) atoms. The van der Waals surface area contributed by atoms with Crippen LogP contribution in [0.2, 0.25) is 0 Å². The number of ether oxygens (including phenoxy) is 1. The minimum Gasteiger partial charge on any atom is -0.493 e. The molecule has 0 fully saturated rings. The highest BCUT2D eigenvalue weighted by atomic mass is 16.5. The fourth-order valence-corrected chi connectivity index (χ4v) is 1.69. The third kappa shape index (κ3) is 6.82. The number of para-hydroxylation sites is 1. The number of aryl methyl sites for hydroxylation is 1. The van der Waals surface area contributed by atoms with Crippen molar-refractivity contribution in [2.75, 3.05) is 13.2 Å². The second kappa shape index (κ2) is 8.53. The van der Waals surface area contributed by atoms with Gasteiger partial charge in [-0.25, -0.2) is 0 Å². The summed E-state index contributed by atoms with van der Waals surface area (Å²) in [6, 6.07) is 7.75. The van der Waals surface area contributed by atoms with Crippen LogP contribution in [0.4, 0.5) is 0 Å². The summed E-state index contributed by atoms with van der Waals surface area (Å²) >= 11 is 0. The Morgan fingerprint density at radius 2 is 2.16 bits per heavy atom. The van der Waals surface area contributed by atoms with Crippen LogP contribution in [0.3, 0.4) is 0 Å². The second-order valence-electron chi connectivity index (χ2n) is 4.71. The van der Waals surface area contributed by atoms with Gasteiger partial charge < -0.3 is 15.2 Å². The van der Waals surface area contributed by atoms with Gasteiger partial charge in [0.1, 0.15) is 5.75 Å². The summed E-state index contributed by atoms with van der Waals surface area (Å²) in [5.41, 5.74) is 1.07. The fraction of sp³-hybridized carbons (Fsp3) is 0.533. The van der Waals surface area contributed by atoms with Crippen molar-refractivity contribution >= 4 is 5.91 Å². The summed E-state index contributed by atoms with van der Waals surface area (Å²) in [5, 5.41) is 11.9. The standard InChI is InChI=1S/C15H23NO3/c1-12-6-3-4-8-14(12)19-11-9-15(18)16-10-5-7-13(2)17/h3-4,6,8,13,17H,5,7,9-11H2,1-2H3,(H,16,18). The first kappa shape index (κ1) is 15.5. The lowest BCUT2D eigenvalue weighted by Crippen LogP contribution is -2.26. The van der Waals surface area contributed by atoms with E-state index in [9.17, 15) is 4.79 Å². The van der Waals surface area contributed by atoms with Crippen molar-refractivity contribution < 1.29 is 14.6 Å². The van der Waals surface area contributed by atoms with E-state index in [0.29, 0.717) is 26.0 Å². The molecule has 1 amide bonds. The SMILES string of the molecule is Cc1ccccc1OCCC(=O)NCCCC(C)O. The van der Waals surface area contributed by atoms with Gasteiger partial charge in [0, 0.05) is 6.54 Å². The maximum absolute atomic E-state index is 11.5. The Morgan fingerprint density at radius 1 is 1.42 bits per heavy atom. The van der Waals surface area contributed by atoms with Crippen molar-refractivity contribution in [1.29, 1.82) is 0 Å². The van der Waals surface area contributed by atoms with Crippen molar-refractivity contribution in [2.45, 2.75) is 39.2 Å². The fourth-order valence-electron chi connectivity index (χ4n) is 1.69. The molecule has 1 rings (SSSR count). The lowest BCUT2D eigenvalue weighted by atomic mass is 10.2. The molecule has 4 heteroatoms. The number of aliphatic hydroxyl groups excluding tert-OH is 1. The smallest absolute Gasteiger partial charge is 0.223 e. The van der Waals surface area contributed by atoms with E-state index >= 15 is 0 Å². The highest BCUT2D eigenvalue weighted by molar-refractivity contribution is 5.75. The van der Waals surface area contributed by atoms with Crippen LogP contribution < -0.4 is 10.1 Å². The minimum absolute atomic E-state index is 0.0147. The second-order valence-corrected chi connectivity index (χ2v) is 4.71. The summed E-state index contributed by atoms with van der Waals surface area (Å²) in [6.45, 7) is 4.71. The van der Waals surface area contributed by atoms with Gasteiger partial charge >= 0.3 is 0 Å². The van der Waals surface area contributed by atoms with E-state index in [1.54, 1.807) is 6.92 Å². The average molecular weight is 265 g/mol. The molecule has 0 saturated carbocycles. The number of carbonyl (C=O) groups excluding carboxylic acids is 1. The molecule has 0 spiro atoms. The number of rotatable bonds is 8. The molecule has 0 aliphatic carbocycles. The Balaban J connectivity index is 2.12. The molecule has 2 N–H and O–H groups in total. The van der Waals surface area contributed by atoms with Crippen molar-refractivity contribution in [3.63, 3.8) is 0 Å². The van der Waals surface area contributed by atoms with E-state index in [1.807, 2.05) is 31.2 Å². The molecule has 0 aliphatic heterocycles.